The van der Waals surface area contributed by atoms with Crippen molar-refractivity contribution in [2.24, 2.45) is 0 Å². The second kappa shape index (κ2) is 7.03. The summed E-state index contributed by atoms with van der Waals surface area (Å²) in [7, 11) is 3.05. The van der Waals surface area contributed by atoms with Crippen LogP contribution < -0.4 is 14.8 Å². The summed E-state index contributed by atoms with van der Waals surface area (Å²) in [6.07, 6.45) is 2.21. The lowest BCUT2D eigenvalue weighted by Gasteiger charge is -2.12. The van der Waals surface area contributed by atoms with Crippen LogP contribution in [-0.4, -0.2) is 30.3 Å². The Morgan fingerprint density at radius 1 is 1.30 bits per heavy atom. The maximum Gasteiger partial charge on any atom is 0.259 e. The molecule has 0 aliphatic heterocycles. The number of nitrogens with one attached hydrogen (secondary N) is 1. The zero-order valence-corrected chi connectivity index (χ0v) is 16.1. The van der Waals surface area contributed by atoms with Crippen LogP contribution >= 0.6 is 11.3 Å². The van der Waals surface area contributed by atoms with E-state index < -0.39 is 0 Å². The molecule has 1 N–H and O–H groups in total. The molecule has 1 amide bonds. The molecule has 1 fully saturated rings. The molecule has 2 heterocycles. The molecular formula is C19H19N3O4S. The van der Waals surface area contributed by atoms with E-state index in [-0.39, 0.29) is 5.91 Å². The van der Waals surface area contributed by atoms with E-state index in [9.17, 15) is 4.79 Å². The number of nitrogens with zero attached hydrogens (tertiary/aromatic N) is 2. The van der Waals surface area contributed by atoms with Crippen molar-refractivity contribution in [3.05, 3.63) is 40.6 Å². The molecule has 140 valence electrons. The van der Waals surface area contributed by atoms with Crippen LogP contribution in [0.25, 0.3) is 10.7 Å². The summed E-state index contributed by atoms with van der Waals surface area (Å²) in [5.41, 5.74) is 1.11. The van der Waals surface area contributed by atoms with Crippen molar-refractivity contribution in [3.63, 3.8) is 0 Å². The van der Waals surface area contributed by atoms with Gasteiger partial charge in [-0.1, -0.05) is 11.2 Å². The first-order valence-corrected chi connectivity index (χ1v) is 9.39. The van der Waals surface area contributed by atoms with Gasteiger partial charge < -0.3 is 19.3 Å². The number of aromatic nitrogens is 2. The fourth-order valence-electron chi connectivity index (χ4n) is 2.80. The van der Waals surface area contributed by atoms with Gasteiger partial charge in [0, 0.05) is 10.8 Å². The third-order valence-corrected chi connectivity index (χ3v) is 5.45. The van der Waals surface area contributed by atoms with Gasteiger partial charge in [0.05, 0.1) is 30.3 Å². The van der Waals surface area contributed by atoms with Crippen molar-refractivity contribution >= 4 is 22.9 Å². The van der Waals surface area contributed by atoms with E-state index in [1.54, 1.807) is 18.2 Å². The summed E-state index contributed by atoms with van der Waals surface area (Å²) in [5.74, 6) is 2.30. The van der Waals surface area contributed by atoms with E-state index in [4.69, 9.17) is 14.0 Å². The van der Waals surface area contributed by atoms with Gasteiger partial charge in [0.15, 0.2) is 11.5 Å². The Morgan fingerprint density at radius 2 is 2.11 bits per heavy atom. The smallest absolute Gasteiger partial charge is 0.259 e. The molecule has 1 aliphatic rings. The number of para-hydroxylation sites is 1. The fourth-order valence-corrected chi connectivity index (χ4v) is 3.70. The highest BCUT2D eigenvalue weighted by Crippen LogP contribution is 2.41. The number of rotatable bonds is 6. The average molecular weight is 385 g/mol. The molecule has 8 heteroatoms. The summed E-state index contributed by atoms with van der Waals surface area (Å²) in [6.45, 7) is 1.94. The monoisotopic (exact) mass is 385 g/mol. The lowest BCUT2D eigenvalue weighted by Crippen LogP contribution is -2.13. The molecule has 0 spiro atoms. The Hall–Kier alpha value is -2.87. The first-order chi connectivity index (χ1) is 13.1. The molecule has 0 atom stereocenters. The Balaban J connectivity index is 1.58. The van der Waals surface area contributed by atoms with Crippen LogP contribution in [0.15, 0.2) is 28.8 Å². The predicted octanol–water partition coefficient (Wildman–Crippen LogP) is 4.25. The Labute approximate surface area is 160 Å². The van der Waals surface area contributed by atoms with E-state index in [2.05, 4.69) is 15.5 Å². The standard InChI is InChI=1S/C19H19N3O4S/c1-10-13(9-15(27-10)17-21-19(26-22-17)11-7-8-11)20-18(23)12-5-4-6-14(24-2)16(12)25-3/h4-6,9,11H,7-8H2,1-3H3,(H,20,23). The minimum Gasteiger partial charge on any atom is -0.493 e. The Morgan fingerprint density at radius 3 is 2.81 bits per heavy atom. The highest BCUT2D eigenvalue weighted by atomic mass is 32.1. The maximum absolute atomic E-state index is 12.8. The number of hydrogen-bond acceptors (Lipinski definition) is 7. The third-order valence-electron chi connectivity index (χ3n) is 4.40. The predicted molar refractivity (Wildman–Crippen MR) is 102 cm³/mol. The number of anilines is 1. The van der Waals surface area contributed by atoms with Crippen LogP contribution in [0, 0.1) is 6.92 Å². The minimum absolute atomic E-state index is 0.273. The van der Waals surface area contributed by atoms with Crippen LogP contribution in [-0.2, 0) is 0 Å². The summed E-state index contributed by atoms with van der Waals surface area (Å²) in [6, 6.07) is 7.06. The molecule has 1 aliphatic carbocycles. The molecule has 4 rings (SSSR count). The van der Waals surface area contributed by atoms with Crippen molar-refractivity contribution in [2.45, 2.75) is 25.7 Å². The van der Waals surface area contributed by atoms with Crippen molar-refractivity contribution in [1.29, 1.82) is 0 Å². The summed E-state index contributed by atoms with van der Waals surface area (Å²) >= 11 is 1.51. The SMILES string of the molecule is COc1cccc(C(=O)Nc2cc(-c3noc(C4CC4)n3)sc2C)c1OC. The van der Waals surface area contributed by atoms with Gasteiger partial charge >= 0.3 is 0 Å². The van der Waals surface area contributed by atoms with E-state index in [1.807, 2.05) is 13.0 Å². The first-order valence-electron chi connectivity index (χ1n) is 8.57. The van der Waals surface area contributed by atoms with Crippen LogP contribution in [0.1, 0.15) is 39.9 Å². The number of carbonyl (C=O) groups is 1. The molecular weight excluding hydrogens is 366 g/mol. The highest BCUT2D eigenvalue weighted by Gasteiger charge is 2.30. The second-order valence-electron chi connectivity index (χ2n) is 6.31. The molecule has 0 unspecified atom stereocenters. The van der Waals surface area contributed by atoms with Crippen molar-refractivity contribution in [3.8, 4) is 22.2 Å². The van der Waals surface area contributed by atoms with Crippen LogP contribution in [0.3, 0.4) is 0 Å². The normalized spacial score (nSPS) is 13.4. The number of ether oxygens (including phenoxy) is 2. The molecule has 2 aromatic heterocycles. The molecule has 27 heavy (non-hydrogen) atoms. The Bertz CT molecular complexity index is 991. The molecule has 0 radical (unpaired) electrons. The van der Waals surface area contributed by atoms with E-state index in [0.717, 1.165) is 22.6 Å². The molecule has 0 saturated heterocycles. The summed E-state index contributed by atoms with van der Waals surface area (Å²) < 4.78 is 15.9. The topological polar surface area (TPSA) is 86.5 Å². The quantitative estimate of drug-likeness (QED) is 0.682. The van der Waals surface area contributed by atoms with Crippen molar-refractivity contribution in [1.82, 2.24) is 10.1 Å². The third kappa shape index (κ3) is 3.40. The van der Waals surface area contributed by atoms with Gasteiger partial charge in [0.2, 0.25) is 11.7 Å². The van der Waals surface area contributed by atoms with E-state index in [1.165, 1.54) is 25.6 Å². The number of amides is 1. The lowest BCUT2D eigenvalue weighted by atomic mass is 10.1. The summed E-state index contributed by atoms with van der Waals surface area (Å²) in [5, 5.41) is 7.00. The van der Waals surface area contributed by atoms with Gasteiger partial charge in [0.1, 0.15) is 0 Å². The van der Waals surface area contributed by atoms with Gasteiger partial charge in [-0.25, -0.2) is 0 Å². The minimum atomic E-state index is -0.273. The van der Waals surface area contributed by atoms with Crippen LogP contribution in [0.5, 0.6) is 11.5 Å². The molecule has 3 aromatic rings. The zero-order valence-electron chi connectivity index (χ0n) is 15.2. The van der Waals surface area contributed by atoms with Crippen LogP contribution in [0.2, 0.25) is 0 Å². The van der Waals surface area contributed by atoms with Crippen molar-refractivity contribution in [2.75, 3.05) is 19.5 Å². The number of benzene rings is 1. The number of aryl methyl sites for hydroxylation is 1. The van der Waals surface area contributed by atoms with Gasteiger partial charge in [-0.2, -0.15) is 4.98 Å². The highest BCUT2D eigenvalue weighted by molar-refractivity contribution is 7.16. The zero-order chi connectivity index (χ0) is 19.0. The Kier molecular flexibility index (Phi) is 4.57. The van der Waals surface area contributed by atoms with Gasteiger partial charge in [-0.3, -0.25) is 4.79 Å². The second-order valence-corrected chi connectivity index (χ2v) is 7.56. The van der Waals surface area contributed by atoms with Gasteiger partial charge in [0.25, 0.3) is 5.91 Å². The number of thiophene rings is 1. The van der Waals surface area contributed by atoms with Gasteiger partial charge in [-0.15, -0.1) is 11.3 Å². The molecule has 0 bridgehead atoms. The number of hydrogen-bond donors (Lipinski definition) is 1. The van der Waals surface area contributed by atoms with E-state index >= 15 is 0 Å². The van der Waals surface area contributed by atoms with Gasteiger partial charge in [-0.05, 0) is 38.0 Å². The molecule has 1 aromatic carbocycles. The summed E-state index contributed by atoms with van der Waals surface area (Å²) in [4.78, 5) is 19.1. The number of methoxy groups -OCH3 is 2. The molecule has 1 saturated carbocycles. The lowest BCUT2D eigenvalue weighted by molar-refractivity contribution is 0.102. The van der Waals surface area contributed by atoms with E-state index in [0.29, 0.717) is 40.4 Å². The van der Waals surface area contributed by atoms with Crippen molar-refractivity contribution < 1.29 is 18.8 Å². The maximum atomic E-state index is 12.8. The fraction of sp³-hybridized carbons (Fsp3) is 0.316. The largest absolute Gasteiger partial charge is 0.493 e. The average Bonchev–Trinajstić information content (AvgIpc) is 3.30. The van der Waals surface area contributed by atoms with Crippen LogP contribution in [0.4, 0.5) is 5.69 Å². The molecule has 7 nitrogen and oxygen atoms in total. The number of carbonyl (C=O) groups excluding carboxylic acids is 1. The first kappa shape index (κ1) is 17.5.